The molecular weight excluding hydrogens is 320 g/mol. The Kier molecular flexibility index (Phi) is 5.64. The second-order valence-corrected chi connectivity index (χ2v) is 6.05. The molecule has 25 heavy (non-hydrogen) atoms. The highest BCUT2D eigenvalue weighted by molar-refractivity contribution is 6.01. The summed E-state index contributed by atoms with van der Waals surface area (Å²) in [5.74, 6) is -0.442. The van der Waals surface area contributed by atoms with E-state index in [1.54, 1.807) is 19.1 Å². The van der Waals surface area contributed by atoms with E-state index in [2.05, 4.69) is 5.32 Å². The summed E-state index contributed by atoms with van der Waals surface area (Å²) in [6.07, 6.45) is 0.109. The van der Waals surface area contributed by atoms with E-state index in [1.807, 2.05) is 32.0 Å². The molecule has 1 N–H and O–H groups in total. The zero-order valence-electron chi connectivity index (χ0n) is 14.5. The Morgan fingerprint density at radius 3 is 2.36 bits per heavy atom. The van der Waals surface area contributed by atoms with Crippen LogP contribution in [0.4, 0.5) is 11.4 Å². The second-order valence-electron chi connectivity index (χ2n) is 6.05. The molecule has 6 heteroatoms. The smallest absolute Gasteiger partial charge is 0.274 e. The number of rotatable bonds is 6. The Balaban J connectivity index is 1.99. The van der Waals surface area contributed by atoms with Gasteiger partial charge in [-0.3, -0.25) is 19.7 Å². The number of carbonyl (C=O) groups is 2. The fraction of sp³-hybridized carbons (Fsp3) is 0.263. The third-order valence-corrected chi connectivity index (χ3v) is 3.96. The summed E-state index contributed by atoms with van der Waals surface area (Å²) in [6, 6.07) is 10.1. The fourth-order valence-corrected chi connectivity index (χ4v) is 2.51. The van der Waals surface area contributed by atoms with E-state index in [0.29, 0.717) is 16.8 Å². The van der Waals surface area contributed by atoms with Crippen molar-refractivity contribution in [1.82, 2.24) is 0 Å². The number of amides is 1. The summed E-state index contributed by atoms with van der Waals surface area (Å²) in [5, 5.41) is 13.5. The molecule has 0 fully saturated rings. The largest absolute Gasteiger partial charge is 0.326 e. The lowest BCUT2D eigenvalue weighted by Crippen LogP contribution is -2.14. The van der Waals surface area contributed by atoms with Crippen molar-refractivity contribution < 1.29 is 14.5 Å². The fourth-order valence-electron chi connectivity index (χ4n) is 2.51. The van der Waals surface area contributed by atoms with E-state index in [-0.39, 0.29) is 30.2 Å². The zero-order valence-corrected chi connectivity index (χ0v) is 14.5. The number of nitrogens with zero attached hydrogens (tertiary/aromatic N) is 1. The summed E-state index contributed by atoms with van der Waals surface area (Å²) in [4.78, 5) is 34.8. The zero-order chi connectivity index (χ0) is 18.6. The molecule has 0 atom stereocenters. The van der Waals surface area contributed by atoms with Crippen LogP contribution in [0.15, 0.2) is 36.4 Å². The van der Waals surface area contributed by atoms with E-state index in [0.717, 1.165) is 11.1 Å². The van der Waals surface area contributed by atoms with Crippen LogP contribution >= 0.6 is 0 Å². The lowest BCUT2D eigenvalue weighted by molar-refractivity contribution is -0.385. The van der Waals surface area contributed by atoms with Crippen LogP contribution in [-0.4, -0.2) is 16.6 Å². The molecule has 130 valence electrons. The second kappa shape index (κ2) is 7.70. The molecular formula is C19H20N2O4. The number of anilines is 1. The minimum Gasteiger partial charge on any atom is -0.326 e. The summed E-state index contributed by atoms with van der Waals surface area (Å²) < 4.78 is 0. The van der Waals surface area contributed by atoms with E-state index in [1.165, 1.54) is 6.07 Å². The van der Waals surface area contributed by atoms with Gasteiger partial charge >= 0.3 is 0 Å². The SMILES string of the molecule is Cc1ccc(C)c(C(=O)CCC(=O)Nc2ccc(C)c([N+](=O)[O-])c2)c1. The number of nitro benzene ring substituents is 1. The average molecular weight is 340 g/mol. The Labute approximate surface area is 146 Å². The Hall–Kier alpha value is -3.02. The van der Waals surface area contributed by atoms with Crippen molar-refractivity contribution in [2.45, 2.75) is 33.6 Å². The number of benzene rings is 2. The van der Waals surface area contributed by atoms with E-state index in [9.17, 15) is 19.7 Å². The van der Waals surface area contributed by atoms with Gasteiger partial charge in [0.05, 0.1) is 4.92 Å². The molecule has 2 aromatic carbocycles. The maximum atomic E-state index is 12.3. The van der Waals surface area contributed by atoms with Crippen LogP contribution in [0.5, 0.6) is 0 Å². The van der Waals surface area contributed by atoms with Crippen LogP contribution < -0.4 is 5.32 Å². The van der Waals surface area contributed by atoms with Crippen molar-refractivity contribution >= 4 is 23.1 Å². The van der Waals surface area contributed by atoms with Crippen molar-refractivity contribution in [2.24, 2.45) is 0 Å². The van der Waals surface area contributed by atoms with Gasteiger partial charge in [0.15, 0.2) is 5.78 Å². The van der Waals surface area contributed by atoms with Gasteiger partial charge in [-0.25, -0.2) is 0 Å². The highest BCUT2D eigenvalue weighted by Gasteiger charge is 2.14. The first-order chi connectivity index (χ1) is 11.8. The lowest BCUT2D eigenvalue weighted by atomic mass is 9.99. The van der Waals surface area contributed by atoms with Gasteiger partial charge in [0, 0.05) is 35.7 Å². The van der Waals surface area contributed by atoms with Crippen molar-refractivity contribution in [1.29, 1.82) is 0 Å². The molecule has 0 saturated heterocycles. The number of ketones is 1. The Bertz CT molecular complexity index is 843. The van der Waals surface area contributed by atoms with E-state index in [4.69, 9.17) is 0 Å². The third-order valence-electron chi connectivity index (χ3n) is 3.96. The molecule has 1 amide bonds. The van der Waals surface area contributed by atoms with Crippen LogP contribution in [0.25, 0.3) is 0 Å². The third kappa shape index (κ3) is 4.73. The maximum Gasteiger partial charge on any atom is 0.274 e. The maximum absolute atomic E-state index is 12.3. The molecule has 0 aliphatic rings. The van der Waals surface area contributed by atoms with Gasteiger partial charge in [-0.1, -0.05) is 23.8 Å². The van der Waals surface area contributed by atoms with Crippen molar-refractivity contribution in [3.63, 3.8) is 0 Å². The van der Waals surface area contributed by atoms with Crippen LogP contribution in [-0.2, 0) is 4.79 Å². The molecule has 2 aromatic rings. The Morgan fingerprint density at radius 2 is 1.68 bits per heavy atom. The quantitative estimate of drug-likeness (QED) is 0.486. The number of nitrogens with one attached hydrogen (secondary N) is 1. The van der Waals surface area contributed by atoms with E-state index < -0.39 is 4.92 Å². The molecule has 0 bridgehead atoms. The van der Waals surface area contributed by atoms with Crippen LogP contribution in [0, 0.1) is 30.9 Å². The number of aryl methyl sites for hydroxylation is 3. The molecule has 0 unspecified atom stereocenters. The standard InChI is InChI=1S/C19H20N2O4/c1-12-4-5-13(2)16(10-12)18(22)8-9-19(23)20-15-7-6-14(3)17(11-15)21(24)25/h4-7,10-11H,8-9H2,1-3H3,(H,20,23). The number of carbonyl (C=O) groups excluding carboxylic acids is 2. The monoisotopic (exact) mass is 340 g/mol. The molecule has 0 aliphatic heterocycles. The van der Waals surface area contributed by atoms with Gasteiger partial charge in [-0.15, -0.1) is 0 Å². The first kappa shape index (κ1) is 18.3. The highest BCUT2D eigenvalue weighted by atomic mass is 16.6. The lowest BCUT2D eigenvalue weighted by Gasteiger charge is -2.08. The molecule has 0 aliphatic carbocycles. The normalized spacial score (nSPS) is 10.4. The topological polar surface area (TPSA) is 89.3 Å². The van der Waals surface area contributed by atoms with Gasteiger partial charge in [-0.05, 0) is 38.5 Å². The van der Waals surface area contributed by atoms with Crippen molar-refractivity contribution in [3.05, 3.63) is 68.8 Å². The summed E-state index contributed by atoms with van der Waals surface area (Å²) in [6.45, 7) is 5.40. The van der Waals surface area contributed by atoms with Gasteiger partial charge < -0.3 is 5.32 Å². The molecule has 0 heterocycles. The van der Waals surface area contributed by atoms with Gasteiger partial charge in [0.25, 0.3) is 5.69 Å². The van der Waals surface area contributed by atoms with Crippen LogP contribution in [0.1, 0.15) is 39.9 Å². The number of nitro groups is 1. The van der Waals surface area contributed by atoms with Gasteiger partial charge in [-0.2, -0.15) is 0 Å². The van der Waals surface area contributed by atoms with Gasteiger partial charge in [0.1, 0.15) is 0 Å². The minimum absolute atomic E-state index is 0.0217. The van der Waals surface area contributed by atoms with Crippen LogP contribution in [0.3, 0.4) is 0 Å². The van der Waals surface area contributed by atoms with Crippen molar-refractivity contribution in [3.8, 4) is 0 Å². The number of hydrogen-bond donors (Lipinski definition) is 1. The predicted octanol–water partition coefficient (Wildman–Crippen LogP) is 4.12. The molecule has 0 spiro atoms. The average Bonchev–Trinajstić information content (AvgIpc) is 2.56. The Morgan fingerprint density at radius 1 is 1.00 bits per heavy atom. The molecule has 0 saturated carbocycles. The predicted molar refractivity (Wildman–Crippen MR) is 95.9 cm³/mol. The molecule has 0 radical (unpaired) electrons. The highest BCUT2D eigenvalue weighted by Crippen LogP contribution is 2.22. The van der Waals surface area contributed by atoms with E-state index >= 15 is 0 Å². The van der Waals surface area contributed by atoms with Gasteiger partial charge in [0.2, 0.25) is 5.91 Å². The van der Waals surface area contributed by atoms with Crippen LogP contribution in [0.2, 0.25) is 0 Å². The first-order valence-electron chi connectivity index (χ1n) is 7.93. The summed E-state index contributed by atoms with van der Waals surface area (Å²) >= 11 is 0. The number of Topliss-reactive ketones (excluding diaryl/α,β-unsaturated/α-hetero) is 1. The van der Waals surface area contributed by atoms with Crippen molar-refractivity contribution in [2.75, 3.05) is 5.32 Å². The number of hydrogen-bond acceptors (Lipinski definition) is 4. The minimum atomic E-state index is -0.491. The first-order valence-corrected chi connectivity index (χ1v) is 7.93. The summed E-state index contributed by atoms with van der Waals surface area (Å²) in [5.41, 5.74) is 3.31. The summed E-state index contributed by atoms with van der Waals surface area (Å²) in [7, 11) is 0. The molecule has 6 nitrogen and oxygen atoms in total. The molecule has 2 rings (SSSR count). The molecule has 0 aromatic heterocycles.